The molecule has 0 atom stereocenters. The number of carbonyl (C=O) groups excluding carboxylic acids is 2. The van der Waals surface area contributed by atoms with Gasteiger partial charge < -0.3 is 25.1 Å². The Balaban J connectivity index is 1.44. The molecule has 0 aliphatic heterocycles. The number of unbranched alkanes of at least 4 members (excludes halogenated alkanes) is 1. The lowest BCUT2D eigenvalue weighted by molar-refractivity contribution is -0.117. The summed E-state index contributed by atoms with van der Waals surface area (Å²) in [6, 6.07) is 21.9. The smallest absolute Gasteiger partial charge is 0.267 e. The number of nitrogens with zero attached hydrogens (tertiary/aromatic N) is 1. The summed E-state index contributed by atoms with van der Waals surface area (Å²) in [4.78, 5) is 33.9. The number of aromatic nitrogens is 2. The van der Waals surface area contributed by atoms with Crippen LogP contribution >= 0.6 is 0 Å². The highest BCUT2D eigenvalue weighted by Gasteiger charge is 2.15. The molecule has 1 aromatic heterocycles. The number of fused-ring (bicyclic) bond motifs is 1. The summed E-state index contributed by atoms with van der Waals surface area (Å²) >= 11 is 0. The van der Waals surface area contributed by atoms with Crippen LogP contribution in [0.25, 0.3) is 17.1 Å². The third-order valence-corrected chi connectivity index (χ3v) is 5.89. The Morgan fingerprint density at radius 2 is 1.71 bits per heavy atom. The Labute approximate surface area is 222 Å². The summed E-state index contributed by atoms with van der Waals surface area (Å²) in [6.07, 6.45) is 4.16. The number of ether oxygens (including phenoxy) is 2. The molecular formula is C30H32N4O4. The van der Waals surface area contributed by atoms with Crippen LogP contribution in [-0.4, -0.2) is 42.0 Å². The van der Waals surface area contributed by atoms with Crippen LogP contribution in [0.2, 0.25) is 0 Å². The average Bonchev–Trinajstić information content (AvgIpc) is 3.36. The molecular weight excluding hydrogens is 480 g/mol. The van der Waals surface area contributed by atoms with E-state index in [0.717, 1.165) is 35.3 Å². The van der Waals surface area contributed by atoms with Crippen LogP contribution in [-0.2, 0) is 11.2 Å². The van der Waals surface area contributed by atoms with Gasteiger partial charge in [-0.25, -0.2) is 4.98 Å². The second-order valence-corrected chi connectivity index (χ2v) is 8.72. The first-order chi connectivity index (χ1) is 18.6. The van der Waals surface area contributed by atoms with Crippen molar-refractivity contribution in [3.05, 3.63) is 95.4 Å². The molecule has 0 saturated heterocycles. The van der Waals surface area contributed by atoms with E-state index in [1.807, 2.05) is 36.4 Å². The minimum atomic E-state index is -0.398. The van der Waals surface area contributed by atoms with Gasteiger partial charge in [0.2, 0.25) is 0 Å². The van der Waals surface area contributed by atoms with E-state index in [1.165, 1.54) is 0 Å². The van der Waals surface area contributed by atoms with Gasteiger partial charge in [-0.1, -0.05) is 37.6 Å². The molecule has 4 aromatic rings. The summed E-state index contributed by atoms with van der Waals surface area (Å²) in [6.45, 7) is 3.08. The molecule has 2 amide bonds. The van der Waals surface area contributed by atoms with Crippen molar-refractivity contribution in [3.63, 3.8) is 0 Å². The number of nitrogens with one attached hydrogen (secondary N) is 3. The van der Waals surface area contributed by atoms with Gasteiger partial charge in [-0.05, 0) is 66.6 Å². The third kappa shape index (κ3) is 7.22. The quantitative estimate of drug-likeness (QED) is 0.185. The van der Waals surface area contributed by atoms with E-state index in [9.17, 15) is 9.59 Å². The molecule has 0 fully saturated rings. The number of rotatable bonds is 12. The number of benzene rings is 3. The van der Waals surface area contributed by atoms with Gasteiger partial charge in [0.1, 0.15) is 23.0 Å². The van der Waals surface area contributed by atoms with Gasteiger partial charge in [0, 0.05) is 18.5 Å². The monoisotopic (exact) mass is 512 g/mol. The molecule has 0 bridgehead atoms. The lowest BCUT2D eigenvalue weighted by Crippen LogP contribution is -2.35. The maximum absolute atomic E-state index is 13.1. The van der Waals surface area contributed by atoms with Crippen LogP contribution in [0.3, 0.4) is 0 Å². The topological polar surface area (TPSA) is 105 Å². The van der Waals surface area contributed by atoms with Crippen molar-refractivity contribution >= 4 is 28.9 Å². The van der Waals surface area contributed by atoms with E-state index >= 15 is 0 Å². The fraction of sp³-hybridized carbons (Fsp3) is 0.233. The number of H-pyrrole nitrogens is 1. The molecule has 38 heavy (non-hydrogen) atoms. The van der Waals surface area contributed by atoms with Crippen LogP contribution in [0.5, 0.6) is 11.5 Å². The molecule has 3 N–H and O–H groups in total. The predicted octanol–water partition coefficient (Wildman–Crippen LogP) is 4.88. The molecule has 8 nitrogen and oxygen atoms in total. The standard InChI is InChI=1S/C30H32N4O4/c1-3-4-19-38-24-15-11-22(12-16-24)29(35)34-27(20-21-9-13-23(37-2)14-10-21)30(36)31-18-17-28-32-25-7-5-6-8-26(25)33-28/h5-16,20H,3-4,17-19H2,1-2H3,(H,31,36)(H,32,33)(H,34,35). The molecule has 1 heterocycles. The third-order valence-electron chi connectivity index (χ3n) is 5.89. The van der Waals surface area contributed by atoms with Crippen molar-refractivity contribution in [1.82, 2.24) is 20.6 Å². The predicted molar refractivity (Wildman–Crippen MR) is 148 cm³/mol. The van der Waals surface area contributed by atoms with Crippen molar-refractivity contribution in [1.29, 1.82) is 0 Å². The fourth-order valence-electron chi connectivity index (χ4n) is 3.77. The van der Waals surface area contributed by atoms with Gasteiger partial charge in [0.05, 0.1) is 24.8 Å². The van der Waals surface area contributed by atoms with Crippen LogP contribution < -0.4 is 20.1 Å². The Morgan fingerprint density at radius 3 is 2.42 bits per heavy atom. The summed E-state index contributed by atoms with van der Waals surface area (Å²) in [5, 5.41) is 5.65. The van der Waals surface area contributed by atoms with Gasteiger partial charge in [-0.2, -0.15) is 0 Å². The van der Waals surface area contributed by atoms with Crippen molar-refractivity contribution < 1.29 is 19.1 Å². The normalized spacial score (nSPS) is 11.3. The number of hydrogen-bond acceptors (Lipinski definition) is 5. The Bertz CT molecular complexity index is 1360. The summed E-state index contributed by atoms with van der Waals surface area (Å²) in [5.41, 5.74) is 3.12. The van der Waals surface area contributed by atoms with E-state index in [0.29, 0.717) is 36.6 Å². The molecule has 3 aromatic carbocycles. The number of imidazole rings is 1. The number of amides is 2. The maximum atomic E-state index is 13.1. The van der Waals surface area contributed by atoms with E-state index in [-0.39, 0.29) is 5.70 Å². The largest absolute Gasteiger partial charge is 0.497 e. The molecule has 0 radical (unpaired) electrons. The highest BCUT2D eigenvalue weighted by molar-refractivity contribution is 6.05. The number of para-hydroxylation sites is 2. The molecule has 4 rings (SSSR count). The molecule has 0 spiro atoms. The average molecular weight is 513 g/mol. The minimum absolute atomic E-state index is 0.132. The summed E-state index contributed by atoms with van der Waals surface area (Å²) in [7, 11) is 1.59. The highest BCUT2D eigenvalue weighted by atomic mass is 16.5. The highest BCUT2D eigenvalue weighted by Crippen LogP contribution is 2.16. The van der Waals surface area contributed by atoms with Crippen LogP contribution in [0.4, 0.5) is 0 Å². The summed E-state index contributed by atoms with van der Waals surface area (Å²) in [5.74, 6) is 1.39. The number of carbonyl (C=O) groups is 2. The summed E-state index contributed by atoms with van der Waals surface area (Å²) < 4.78 is 10.9. The van der Waals surface area contributed by atoms with E-state index < -0.39 is 11.8 Å². The van der Waals surface area contributed by atoms with E-state index in [1.54, 1.807) is 49.6 Å². The molecule has 8 heteroatoms. The zero-order valence-electron chi connectivity index (χ0n) is 21.6. The lowest BCUT2D eigenvalue weighted by Gasteiger charge is -2.12. The second-order valence-electron chi connectivity index (χ2n) is 8.72. The Kier molecular flexibility index (Phi) is 9.12. The maximum Gasteiger partial charge on any atom is 0.267 e. The molecule has 0 unspecified atom stereocenters. The SMILES string of the molecule is CCCCOc1ccc(C(=O)NC(=Cc2ccc(OC)cc2)C(=O)NCCc2nc3ccccc3[nH]2)cc1. The Morgan fingerprint density at radius 1 is 0.974 bits per heavy atom. The second kappa shape index (κ2) is 13.1. The molecule has 0 saturated carbocycles. The van der Waals surface area contributed by atoms with Crippen molar-refractivity contribution in [2.75, 3.05) is 20.3 Å². The van der Waals surface area contributed by atoms with Crippen molar-refractivity contribution in [2.24, 2.45) is 0 Å². The first-order valence-corrected chi connectivity index (χ1v) is 12.7. The van der Waals surface area contributed by atoms with Crippen LogP contribution in [0.1, 0.15) is 41.5 Å². The van der Waals surface area contributed by atoms with Gasteiger partial charge in [-0.3, -0.25) is 9.59 Å². The minimum Gasteiger partial charge on any atom is -0.497 e. The van der Waals surface area contributed by atoms with E-state index in [2.05, 4.69) is 27.5 Å². The molecule has 0 aliphatic carbocycles. The van der Waals surface area contributed by atoms with Crippen molar-refractivity contribution in [2.45, 2.75) is 26.2 Å². The van der Waals surface area contributed by atoms with E-state index in [4.69, 9.17) is 9.47 Å². The zero-order chi connectivity index (χ0) is 26.7. The fourth-order valence-corrected chi connectivity index (χ4v) is 3.77. The van der Waals surface area contributed by atoms with Gasteiger partial charge in [0.25, 0.3) is 11.8 Å². The first kappa shape index (κ1) is 26.5. The van der Waals surface area contributed by atoms with Gasteiger partial charge >= 0.3 is 0 Å². The number of methoxy groups -OCH3 is 1. The van der Waals surface area contributed by atoms with Crippen LogP contribution in [0, 0.1) is 0 Å². The zero-order valence-corrected chi connectivity index (χ0v) is 21.6. The first-order valence-electron chi connectivity index (χ1n) is 12.7. The van der Waals surface area contributed by atoms with Gasteiger partial charge in [0.15, 0.2) is 0 Å². The Hall–Kier alpha value is -4.59. The molecule has 196 valence electrons. The number of aromatic amines is 1. The number of hydrogen-bond donors (Lipinski definition) is 3. The lowest BCUT2D eigenvalue weighted by atomic mass is 10.1. The van der Waals surface area contributed by atoms with Crippen LogP contribution in [0.15, 0.2) is 78.5 Å². The van der Waals surface area contributed by atoms with Crippen molar-refractivity contribution in [3.8, 4) is 11.5 Å². The van der Waals surface area contributed by atoms with Gasteiger partial charge in [-0.15, -0.1) is 0 Å². The molecule has 0 aliphatic rings.